The molecule has 0 bridgehead atoms. The molecule has 0 spiro atoms. The first-order valence-corrected chi connectivity index (χ1v) is 7.33. The highest BCUT2D eigenvalue weighted by molar-refractivity contribution is 4.78. The molecular formula is C15H31N. The zero-order valence-corrected chi connectivity index (χ0v) is 11.8. The minimum Gasteiger partial charge on any atom is -0.303 e. The van der Waals surface area contributed by atoms with E-state index in [0.717, 1.165) is 17.9 Å². The summed E-state index contributed by atoms with van der Waals surface area (Å²) in [5.41, 5.74) is 0. The quantitative estimate of drug-likeness (QED) is 0.650. The first-order valence-electron chi connectivity index (χ1n) is 7.33. The lowest BCUT2D eigenvalue weighted by atomic mass is 9.82. The molecule has 0 aliphatic heterocycles. The van der Waals surface area contributed by atoms with Gasteiger partial charge in [-0.25, -0.2) is 0 Å². The Kier molecular flexibility index (Phi) is 6.41. The third-order valence-corrected chi connectivity index (χ3v) is 4.17. The molecular weight excluding hydrogens is 194 g/mol. The van der Waals surface area contributed by atoms with Gasteiger partial charge in [0.1, 0.15) is 0 Å². The fourth-order valence-electron chi connectivity index (χ4n) is 2.98. The Morgan fingerprint density at radius 2 is 1.75 bits per heavy atom. The Balaban J connectivity index is 2.18. The summed E-state index contributed by atoms with van der Waals surface area (Å²) in [4.78, 5) is 2.58. The summed E-state index contributed by atoms with van der Waals surface area (Å²) in [5, 5.41) is 0. The van der Waals surface area contributed by atoms with E-state index in [1.165, 1.54) is 51.5 Å². The third-order valence-electron chi connectivity index (χ3n) is 4.17. The summed E-state index contributed by atoms with van der Waals surface area (Å²) in [5.74, 6) is 1.93. The van der Waals surface area contributed by atoms with Crippen molar-refractivity contribution in [2.24, 2.45) is 11.8 Å². The summed E-state index contributed by atoms with van der Waals surface area (Å²) in [6.45, 7) is 8.26. The highest BCUT2D eigenvalue weighted by Gasteiger charge is 2.23. The average molecular weight is 225 g/mol. The predicted octanol–water partition coefficient (Wildman–Crippen LogP) is 4.32. The normalized spacial score (nSPS) is 26.6. The van der Waals surface area contributed by atoms with Crippen LogP contribution in [0.15, 0.2) is 0 Å². The van der Waals surface area contributed by atoms with Crippen LogP contribution < -0.4 is 0 Å². The van der Waals surface area contributed by atoms with Gasteiger partial charge in [-0.1, -0.05) is 33.6 Å². The maximum atomic E-state index is 2.58. The van der Waals surface area contributed by atoms with Gasteiger partial charge in [-0.2, -0.15) is 0 Å². The molecule has 0 N–H and O–H groups in total. The van der Waals surface area contributed by atoms with Crippen molar-refractivity contribution in [1.29, 1.82) is 0 Å². The standard InChI is InChI=1S/C15H31N/c1-5-12-16(4)15-10-8-14(9-11-15)7-6-13(2)3/h13-15H,5-12H2,1-4H3/t14-,15-. The van der Waals surface area contributed by atoms with E-state index in [2.05, 4.69) is 32.7 Å². The van der Waals surface area contributed by atoms with E-state index < -0.39 is 0 Å². The molecule has 1 aliphatic rings. The summed E-state index contributed by atoms with van der Waals surface area (Å²) >= 11 is 0. The van der Waals surface area contributed by atoms with E-state index in [0.29, 0.717) is 0 Å². The molecule has 1 saturated carbocycles. The van der Waals surface area contributed by atoms with Gasteiger partial charge in [-0.15, -0.1) is 0 Å². The molecule has 0 radical (unpaired) electrons. The molecule has 0 unspecified atom stereocenters. The second kappa shape index (κ2) is 7.32. The van der Waals surface area contributed by atoms with Gasteiger partial charge in [0, 0.05) is 6.04 Å². The van der Waals surface area contributed by atoms with Gasteiger partial charge in [0.15, 0.2) is 0 Å². The number of rotatable bonds is 6. The van der Waals surface area contributed by atoms with Crippen LogP contribution in [0.25, 0.3) is 0 Å². The van der Waals surface area contributed by atoms with Crippen molar-refractivity contribution in [2.75, 3.05) is 13.6 Å². The van der Waals surface area contributed by atoms with Crippen molar-refractivity contribution < 1.29 is 0 Å². The lowest BCUT2D eigenvalue weighted by Crippen LogP contribution is -2.35. The van der Waals surface area contributed by atoms with Crippen LogP contribution in [0.1, 0.15) is 65.7 Å². The summed E-state index contributed by atoms with van der Waals surface area (Å²) in [7, 11) is 2.31. The van der Waals surface area contributed by atoms with Crippen molar-refractivity contribution in [3.63, 3.8) is 0 Å². The highest BCUT2D eigenvalue weighted by atomic mass is 15.1. The van der Waals surface area contributed by atoms with Crippen molar-refractivity contribution in [2.45, 2.75) is 71.8 Å². The molecule has 1 heteroatoms. The van der Waals surface area contributed by atoms with Crippen molar-refractivity contribution >= 4 is 0 Å². The predicted molar refractivity (Wildman–Crippen MR) is 72.7 cm³/mol. The largest absolute Gasteiger partial charge is 0.303 e. The van der Waals surface area contributed by atoms with Crippen LogP contribution in [-0.2, 0) is 0 Å². The number of hydrogen-bond acceptors (Lipinski definition) is 1. The van der Waals surface area contributed by atoms with E-state index in [1.54, 1.807) is 0 Å². The van der Waals surface area contributed by atoms with Crippen LogP contribution in [0.3, 0.4) is 0 Å². The van der Waals surface area contributed by atoms with E-state index >= 15 is 0 Å². The fraction of sp³-hybridized carbons (Fsp3) is 1.00. The molecule has 16 heavy (non-hydrogen) atoms. The zero-order valence-electron chi connectivity index (χ0n) is 11.8. The van der Waals surface area contributed by atoms with Crippen molar-refractivity contribution in [3.05, 3.63) is 0 Å². The highest BCUT2D eigenvalue weighted by Crippen LogP contribution is 2.30. The molecule has 0 aromatic carbocycles. The van der Waals surface area contributed by atoms with Crippen LogP contribution in [0.4, 0.5) is 0 Å². The van der Waals surface area contributed by atoms with E-state index in [4.69, 9.17) is 0 Å². The van der Waals surface area contributed by atoms with Crippen LogP contribution in [0.2, 0.25) is 0 Å². The van der Waals surface area contributed by atoms with Crippen LogP contribution in [-0.4, -0.2) is 24.5 Å². The molecule has 1 rings (SSSR count). The van der Waals surface area contributed by atoms with Gasteiger partial charge >= 0.3 is 0 Å². The molecule has 0 heterocycles. The van der Waals surface area contributed by atoms with E-state index in [1.807, 2.05) is 0 Å². The van der Waals surface area contributed by atoms with E-state index in [9.17, 15) is 0 Å². The van der Waals surface area contributed by atoms with Gasteiger partial charge in [-0.3, -0.25) is 0 Å². The molecule has 0 saturated heterocycles. The third kappa shape index (κ3) is 4.86. The monoisotopic (exact) mass is 225 g/mol. The first-order chi connectivity index (χ1) is 7.63. The fourth-order valence-corrected chi connectivity index (χ4v) is 2.98. The first kappa shape index (κ1) is 14.0. The molecule has 0 atom stereocenters. The summed E-state index contributed by atoms with van der Waals surface area (Å²) < 4.78 is 0. The van der Waals surface area contributed by atoms with E-state index in [-0.39, 0.29) is 0 Å². The second-order valence-corrected chi connectivity index (χ2v) is 6.13. The topological polar surface area (TPSA) is 3.24 Å². The Hall–Kier alpha value is -0.0400. The van der Waals surface area contributed by atoms with Gasteiger partial charge in [-0.05, 0) is 57.5 Å². The molecule has 0 aromatic heterocycles. The Bertz CT molecular complexity index is 168. The molecule has 0 amide bonds. The lowest BCUT2D eigenvalue weighted by molar-refractivity contribution is 0.159. The molecule has 1 aliphatic carbocycles. The van der Waals surface area contributed by atoms with Crippen molar-refractivity contribution in [1.82, 2.24) is 4.90 Å². The van der Waals surface area contributed by atoms with Gasteiger partial charge < -0.3 is 4.90 Å². The smallest absolute Gasteiger partial charge is 0.00924 e. The Morgan fingerprint density at radius 3 is 2.25 bits per heavy atom. The van der Waals surface area contributed by atoms with Gasteiger partial charge in [0.25, 0.3) is 0 Å². The minimum absolute atomic E-state index is 0.884. The Morgan fingerprint density at radius 1 is 1.12 bits per heavy atom. The average Bonchev–Trinajstić information content (AvgIpc) is 2.27. The van der Waals surface area contributed by atoms with Crippen LogP contribution in [0, 0.1) is 11.8 Å². The number of hydrogen-bond donors (Lipinski definition) is 0. The molecule has 0 aromatic rings. The van der Waals surface area contributed by atoms with Crippen molar-refractivity contribution in [3.8, 4) is 0 Å². The Labute approximate surface area is 103 Å². The lowest BCUT2D eigenvalue weighted by Gasteiger charge is -2.34. The molecule has 96 valence electrons. The molecule has 1 nitrogen and oxygen atoms in total. The second-order valence-electron chi connectivity index (χ2n) is 6.13. The van der Waals surface area contributed by atoms with Gasteiger partial charge in [0.05, 0.1) is 0 Å². The minimum atomic E-state index is 0.884. The van der Waals surface area contributed by atoms with Gasteiger partial charge in [0.2, 0.25) is 0 Å². The number of nitrogens with zero attached hydrogens (tertiary/aromatic N) is 1. The molecule has 1 fully saturated rings. The maximum Gasteiger partial charge on any atom is 0.00924 e. The summed E-state index contributed by atoms with van der Waals surface area (Å²) in [6.07, 6.45) is 10.0. The van der Waals surface area contributed by atoms with Crippen LogP contribution >= 0.6 is 0 Å². The van der Waals surface area contributed by atoms with Crippen LogP contribution in [0.5, 0.6) is 0 Å². The maximum absolute atomic E-state index is 2.58. The summed E-state index contributed by atoms with van der Waals surface area (Å²) in [6, 6.07) is 0.884. The SMILES string of the molecule is CCCN(C)[C@H]1CC[C@H](CCC(C)C)CC1. The zero-order chi connectivity index (χ0) is 12.0.